The van der Waals surface area contributed by atoms with Crippen LogP contribution in [0.5, 0.6) is 5.75 Å². The Labute approximate surface area is 120 Å². The average Bonchev–Trinajstić information content (AvgIpc) is 2.94. The number of carbonyl (C=O) groups is 1. The highest BCUT2D eigenvalue weighted by molar-refractivity contribution is 7.15. The van der Waals surface area contributed by atoms with Gasteiger partial charge in [0, 0.05) is 10.4 Å². The molecule has 5 heteroatoms. The molecule has 3 rings (SSSR count). The molecule has 1 aliphatic carbocycles. The van der Waals surface area contributed by atoms with Crippen LogP contribution in [-0.2, 0) is 11.2 Å². The van der Waals surface area contributed by atoms with Crippen LogP contribution >= 0.6 is 11.3 Å². The van der Waals surface area contributed by atoms with E-state index in [2.05, 4.69) is 4.98 Å². The third-order valence-electron chi connectivity index (χ3n) is 3.75. The maximum atomic E-state index is 11.2. The van der Waals surface area contributed by atoms with Gasteiger partial charge in [-0.2, -0.15) is 0 Å². The van der Waals surface area contributed by atoms with Gasteiger partial charge in [-0.25, -0.2) is 4.98 Å². The van der Waals surface area contributed by atoms with Gasteiger partial charge in [-0.1, -0.05) is 0 Å². The molecule has 1 aromatic carbocycles. The molecule has 1 aromatic heterocycles. The zero-order valence-corrected chi connectivity index (χ0v) is 12.1. The smallest absolute Gasteiger partial charge is 0.312 e. The van der Waals surface area contributed by atoms with Gasteiger partial charge in [0.2, 0.25) is 0 Å². The Morgan fingerprint density at radius 1 is 1.35 bits per heavy atom. The van der Waals surface area contributed by atoms with Crippen molar-refractivity contribution in [2.75, 3.05) is 0 Å². The monoisotopic (exact) mass is 289 g/mol. The topological polar surface area (TPSA) is 70.4 Å². The number of aromatic hydroxyl groups is 1. The number of nitrogens with zero attached hydrogens (tertiary/aromatic N) is 1. The molecule has 0 spiro atoms. The van der Waals surface area contributed by atoms with Crippen LogP contribution in [0, 0.1) is 13.8 Å². The van der Waals surface area contributed by atoms with E-state index in [0.717, 1.165) is 38.7 Å². The second kappa shape index (κ2) is 4.59. The van der Waals surface area contributed by atoms with Crippen molar-refractivity contribution in [1.82, 2.24) is 4.98 Å². The van der Waals surface area contributed by atoms with Gasteiger partial charge in [-0.3, -0.25) is 4.79 Å². The Balaban J connectivity index is 2.05. The van der Waals surface area contributed by atoms with Gasteiger partial charge in [-0.05, 0) is 49.9 Å². The second-order valence-electron chi connectivity index (χ2n) is 5.22. The lowest BCUT2D eigenvalue weighted by molar-refractivity contribution is -0.138. The number of phenols is 1. The fourth-order valence-electron chi connectivity index (χ4n) is 2.67. The molecule has 104 valence electrons. The van der Waals surface area contributed by atoms with E-state index in [9.17, 15) is 15.0 Å². The van der Waals surface area contributed by atoms with E-state index in [4.69, 9.17) is 0 Å². The van der Waals surface area contributed by atoms with Crippen molar-refractivity contribution in [3.8, 4) is 16.3 Å². The quantitative estimate of drug-likeness (QED) is 0.890. The zero-order chi connectivity index (χ0) is 14.4. The number of fused-ring (bicyclic) bond motifs is 1. The summed E-state index contributed by atoms with van der Waals surface area (Å²) in [6.07, 6.45) is 1.44. The van der Waals surface area contributed by atoms with Crippen LogP contribution in [0.25, 0.3) is 10.6 Å². The number of carboxylic acid groups (broad SMARTS) is 1. The molecule has 0 saturated heterocycles. The number of carboxylic acids is 1. The summed E-state index contributed by atoms with van der Waals surface area (Å²) in [6.45, 7) is 3.71. The number of hydrogen-bond donors (Lipinski definition) is 2. The van der Waals surface area contributed by atoms with Crippen molar-refractivity contribution >= 4 is 17.3 Å². The molecule has 1 aliphatic rings. The van der Waals surface area contributed by atoms with E-state index < -0.39 is 11.9 Å². The highest BCUT2D eigenvalue weighted by Gasteiger charge is 2.32. The third-order valence-corrected chi connectivity index (χ3v) is 4.93. The standard InChI is InChI=1S/C15H15NO3S/c1-7-5-9(6-8(2)13(7)17)14-16-12-10(15(18)19)3-4-11(12)20-14/h5-6,10,17H,3-4H2,1-2H3,(H,18,19). The Bertz CT molecular complexity index is 682. The first-order chi connectivity index (χ1) is 9.47. The fraction of sp³-hybridized carbons (Fsp3) is 0.333. The van der Waals surface area contributed by atoms with Gasteiger partial charge in [0.15, 0.2) is 0 Å². The van der Waals surface area contributed by atoms with Gasteiger partial charge in [0.1, 0.15) is 16.7 Å². The van der Waals surface area contributed by atoms with Crippen LogP contribution in [0.4, 0.5) is 0 Å². The molecule has 1 unspecified atom stereocenters. The number of thiazole rings is 1. The Kier molecular flexibility index (Phi) is 3.01. The summed E-state index contributed by atoms with van der Waals surface area (Å²) in [7, 11) is 0. The zero-order valence-electron chi connectivity index (χ0n) is 11.3. The van der Waals surface area contributed by atoms with E-state index in [1.165, 1.54) is 0 Å². The summed E-state index contributed by atoms with van der Waals surface area (Å²) in [5.41, 5.74) is 3.29. The number of aliphatic carboxylic acids is 1. The van der Waals surface area contributed by atoms with E-state index in [1.54, 1.807) is 11.3 Å². The van der Waals surface area contributed by atoms with E-state index >= 15 is 0 Å². The Morgan fingerprint density at radius 2 is 2.00 bits per heavy atom. The van der Waals surface area contributed by atoms with Crippen LogP contribution < -0.4 is 0 Å². The lowest BCUT2D eigenvalue weighted by Crippen LogP contribution is -2.08. The molecule has 0 aliphatic heterocycles. The molecular weight excluding hydrogens is 274 g/mol. The summed E-state index contributed by atoms with van der Waals surface area (Å²) in [6, 6.07) is 3.79. The molecule has 4 nitrogen and oxygen atoms in total. The van der Waals surface area contributed by atoms with Crippen LogP contribution in [-0.4, -0.2) is 21.2 Å². The second-order valence-corrected chi connectivity index (χ2v) is 6.30. The molecule has 0 amide bonds. The molecule has 2 N–H and O–H groups in total. The first kappa shape index (κ1) is 13.1. The summed E-state index contributed by atoms with van der Waals surface area (Å²) < 4.78 is 0. The number of rotatable bonds is 2. The lowest BCUT2D eigenvalue weighted by atomic mass is 10.1. The third kappa shape index (κ3) is 1.98. The van der Waals surface area contributed by atoms with Gasteiger partial charge >= 0.3 is 5.97 Å². The van der Waals surface area contributed by atoms with Gasteiger partial charge in [-0.15, -0.1) is 11.3 Å². The molecule has 1 atom stereocenters. The van der Waals surface area contributed by atoms with Crippen molar-refractivity contribution < 1.29 is 15.0 Å². The molecule has 0 bridgehead atoms. The van der Waals surface area contributed by atoms with Gasteiger partial charge < -0.3 is 10.2 Å². The van der Waals surface area contributed by atoms with Crippen LogP contribution in [0.1, 0.15) is 34.0 Å². The number of phenolic OH excluding ortho intramolecular Hbond substituents is 1. The molecular formula is C15H15NO3S. The molecule has 1 heterocycles. The van der Waals surface area contributed by atoms with Crippen LogP contribution in [0.3, 0.4) is 0 Å². The van der Waals surface area contributed by atoms with Gasteiger partial charge in [0.25, 0.3) is 0 Å². The maximum Gasteiger partial charge on any atom is 0.312 e. The summed E-state index contributed by atoms with van der Waals surface area (Å²) in [5.74, 6) is -0.950. The fourth-order valence-corrected chi connectivity index (χ4v) is 3.80. The summed E-state index contributed by atoms with van der Waals surface area (Å²) >= 11 is 1.56. The normalized spacial score (nSPS) is 17.2. The van der Waals surface area contributed by atoms with Crippen molar-refractivity contribution in [2.45, 2.75) is 32.6 Å². The van der Waals surface area contributed by atoms with Crippen LogP contribution in [0.2, 0.25) is 0 Å². The minimum absolute atomic E-state index is 0.307. The molecule has 0 radical (unpaired) electrons. The van der Waals surface area contributed by atoms with Gasteiger partial charge in [0.05, 0.1) is 5.69 Å². The lowest BCUT2D eigenvalue weighted by Gasteiger charge is -2.06. The number of benzene rings is 1. The van der Waals surface area contributed by atoms with Crippen molar-refractivity contribution in [3.63, 3.8) is 0 Å². The van der Waals surface area contributed by atoms with Crippen LogP contribution in [0.15, 0.2) is 12.1 Å². The van der Waals surface area contributed by atoms with E-state index in [1.807, 2.05) is 26.0 Å². The number of aryl methyl sites for hydroxylation is 3. The highest BCUT2D eigenvalue weighted by Crippen LogP contribution is 2.40. The molecule has 20 heavy (non-hydrogen) atoms. The minimum Gasteiger partial charge on any atom is -0.507 e. The average molecular weight is 289 g/mol. The molecule has 0 fully saturated rings. The molecule has 0 saturated carbocycles. The largest absolute Gasteiger partial charge is 0.507 e. The van der Waals surface area contributed by atoms with Crippen molar-refractivity contribution in [3.05, 3.63) is 33.8 Å². The minimum atomic E-state index is -0.793. The van der Waals surface area contributed by atoms with E-state index in [0.29, 0.717) is 12.2 Å². The first-order valence-electron chi connectivity index (χ1n) is 6.50. The number of hydrogen-bond acceptors (Lipinski definition) is 4. The first-order valence-corrected chi connectivity index (χ1v) is 7.32. The molecule has 2 aromatic rings. The highest BCUT2D eigenvalue weighted by atomic mass is 32.1. The Hall–Kier alpha value is -1.88. The maximum absolute atomic E-state index is 11.2. The Morgan fingerprint density at radius 3 is 2.60 bits per heavy atom. The predicted molar refractivity (Wildman–Crippen MR) is 77.4 cm³/mol. The van der Waals surface area contributed by atoms with E-state index in [-0.39, 0.29) is 0 Å². The number of aromatic nitrogens is 1. The summed E-state index contributed by atoms with van der Waals surface area (Å²) in [5, 5.41) is 19.9. The van der Waals surface area contributed by atoms with Crippen molar-refractivity contribution in [2.24, 2.45) is 0 Å². The van der Waals surface area contributed by atoms with Crippen molar-refractivity contribution in [1.29, 1.82) is 0 Å². The SMILES string of the molecule is Cc1cc(-c2nc3c(s2)CCC3C(=O)O)cc(C)c1O. The predicted octanol–water partition coefficient (Wildman–Crippen LogP) is 3.25. The summed E-state index contributed by atoms with van der Waals surface area (Å²) in [4.78, 5) is 16.8.